The first-order chi connectivity index (χ1) is 9.54. The summed E-state index contributed by atoms with van der Waals surface area (Å²) in [4.78, 5) is 27.8. The van der Waals surface area contributed by atoms with Crippen molar-refractivity contribution in [2.24, 2.45) is 0 Å². The Morgan fingerprint density at radius 1 is 0.905 bits per heavy atom. The lowest BCUT2D eigenvalue weighted by molar-refractivity contribution is -0.174. The van der Waals surface area contributed by atoms with E-state index >= 15 is 0 Å². The van der Waals surface area contributed by atoms with E-state index in [4.69, 9.17) is 0 Å². The zero-order valence-electron chi connectivity index (χ0n) is 12.8. The van der Waals surface area contributed by atoms with E-state index in [1.54, 1.807) is 5.32 Å². The molecular weight excluding hydrogens is 289 g/mol. The number of amides is 2. The van der Waals surface area contributed by atoms with E-state index in [-0.39, 0.29) is 0 Å². The van der Waals surface area contributed by atoms with Crippen LogP contribution in [0.25, 0.3) is 0 Å². The predicted octanol–water partition coefficient (Wildman–Crippen LogP) is -0.383. The number of halogens is 3. The smallest absolute Gasteiger partial charge is 0.339 e. The molecule has 2 amide bonds. The fraction of sp³-hybridized carbons (Fsp3) is 0.833. The Morgan fingerprint density at radius 3 is 1.67 bits per heavy atom. The first kappa shape index (κ1) is 19.7. The van der Waals surface area contributed by atoms with Crippen molar-refractivity contribution in [1.82, 2.24) is 20.0 Å². The van der Waals surface area contributed by atoms with Gasteiger partial charge >= 0.3 is 12.1 Å². The molecule has 0 aromatic carbocycles. The van der Waals surface area contributed by atoms with E-state index in [1.807, 2.05) is 38.0 Å². The van der Waals surface area contributed by atoms with Crippen LogP contribution in [0.2, 0.25) is 0 Å². The van der Waals surface area contributed by atoms with Crippen LogP contribution in [0.15, 0.2) is 0 Å². The van der Waals surface area contributed by atoms with Crippen molar-refractivity contribution in [2.75, 3.05) is 60.9 Å². The molecule has 0 bridgehead atoms. The van der Waals surface area contributed by atoms with E-state index in [1.165, 1.54) is 4.90 Å². The second-order valence-corrected chi connectivity index (χ2v) is 5.17. The van der Waals surface area contributed by atoms with Crippen LogP contribution in [0.4, 0.5) is 13.2 Å². The summed E-state index contributed by atoms with van der Waals surface area (Å²) in [6.07, 6.45) is -4.97. The Labute approximate surface area is 122 Å². The zero-order chi connectivity index (χ0) is 16.6. The van der Waals surface area contributed by atoms with Gasteiger partial charge in [0.05, 0.1) is 6.54 Å². The van der Waals surface area contributed by atoms with Gasteiger partial charge in [-0.25, -0.2) is 0 Å². The highest BCUT2D eigenvalue weighted by molar-refractivity contribution is 5.87. The van der Waals surface area contributed by atoms with E-state index in [0.717, 1.165) is 0 Å². The quantitative estimate of drug-likeness (QED) is 0.664. The number of nitrogens with zero attached hydrogens (tertiary/aromatic N) is 3. The van der Waals surface area contributed by atoms with Gasteiger partial charge in [-0.05, 0) is 28.2 Å². The molecule has 0 unspecified atom stereocenters. The number of likely N-dealkylation sites (N-methyl/N-ethyl adjacent to an activating group) is 2. The van der Waals surface area contributed by atoms with Crippen LogP contribution in [-0.2, 0) is 9.59 Å². The van der Waals surface area contributed by atoms with E-state index < -0.39 is 24.5 Å². The summed E-state index contributed by atoms with van der Waals surface area (Å²) in [5.74, 6) is -2.63. The molecule has 0 aliphatic rings. The van der Waals surface area contributed by atoms with Crippen LogP contribution >= 0.6 is 0 Å². The number of carbonyl (C=O) groups is 2. The SMILES string of the molecule is CN(C)CCN(CCN(C)C)C(=O)CNC(=O)C(F)(F)F. The van der Waals surface area contributed by atoms with Gasteiger partial charge in [0.1, 0.15) is 0 Å². The molecule has 0 fully saturated rings. The molecular formula is C12H23F3N4O2. The first-order valence-electron chi connectivity index (χ1n) is 6.46. The Hall–Kier alpha value is -1.35. The maximum absolute atomic E-state index is 12.1. The average Bonchev–Trinajstić information content (AvgIpc) is 2.33. The summed E-state index contributed by atoms with van der Waals surface area (Å²) >= 11 is 0. The van der Waals surface area contributed by atoms with Gasteiger partial charge in [-0.1, -0.05) is 0 Å². The van der Waals surface area contributed by atoms with Crippen molar-refractivity contribution >= 4 is 11.8 Å². The number of hydrogen-bond acceptors (Lipinski definition) is 4. The highest BCUT2D eigenvalue weighted by Gasteiger charge is 2.38. The number of hydrogen-bond donors (Lipinski definition) is 1. The molecule has 1 N–H and O–H groups in total. The highest BCUT2D eigenvalue weighted by atomic mass is 19.4. The second kappa shape index (κ2) is 8.83. The fourth-order valence-electron chi connectivity index (χ4n) is 1.37. The molecule has 0 spiro atoms. The maximum atomic E-state index is 12.1. The molecule has 9 heteroatoms. The summed E-state index contributed by atoms with van der Waals surface area (Å²) in [6.45, 7) is 1.31. The third-order valence-corrected chi connectivity index (χ3v) is 2.64. The minimum absolute atomic E-state index is 0.390. The largest absolute Gasteiger partial charge is 0.471 e. The van der Waals surface area contributed by atoms with Crippen molar-refractivity contribution in [3.05, 3.63) is 0 Å². The van der Waals surface area contributed by atoms with Gasteiger partial charge < -0.3 is 20.0 Å². The monoisotopic (exact) mass is 312 g/mol. The Bertz CT molecular complexity index is 334. The van der Waals surface area contributed by atoms with E-state index in [9.17, 15) is 22.8 Å². The summed E-state index contributed by atoms with van der Waals surface area (Å²) in [6, 6.07) is 0. The molecule has 21 heavy (non-hydrogen) atoms. The Balaban J connectivity index is 4.45. The van der Waals surface area contributed by atoms with Gasteiger partial charge in [-0.3, -0.25) is 9.59 Å². The molecule has 0 aliphatic heterocycles. The molecule has 0 aromatic rings. The molecule has 0 saturated carbocycles. The van der Waals surface area contributed by atoms with Crippen LogP contribution in [0.3, 0.4) is 0 Å². The predicted molar refractivity (Wildman–Crippen MR) is 72.8 cm³/mol. The number of nitrogens with one attached hydrogen (secondary N) is 1. The average molecular weight is 312 g/mol. The first-order valence-corrected chi connectivity index (χ1v) is 6.46. The third-order valence-electron chi connectivity index (χ3n) is 2.64. The van der Waals surface area contributed by atoms with Crippen molar-refractivity contribution in [3.63, 3.8) is 0 Å². The Morgan fingerprint density at radius 2 is 1.33 bits per heavy atom. The van der Waals surface area contributed by atoms with Gasteiger partial charge in [-0.15, -0.1) is 0 Å². The lowest BCUT2D eigenvalue weighted by Crippen LogP contribution is -2.47. The summed E-state index contributed by atoms with van der Waals surface area (Å²) in [5, 5.41) is 1.60. The van der Waals surface area contributed by atoms with Crippen LogP contribution in [0.5, 0.6) is 0 Å². The van der Waals surface area contributed by atoms with Gasteiger partial charge in [0.25, 0.3) is 0 Å². The molecule has 0 radical (unpaired) electrons. The topological polar surface area (TPSA) is 55.9 Å². The second-order valence-electron chi connectivity index (χ2n) is 5.17. The fourth-order valence-corrected chi connectivity index (χ4v) is 1.37. The van der Waals surface area contributed by atoms with Crippen molar-refractivity contribution in [2.45, 2.75) is 6.18 Å². The number of alkyl halides is 3. The van der Waals surface area contributed by atoms with Crippen molar-refractivity contribution in [3.8, 4) is 0 Å². The Kier molecular flexibility index (Phi) is 8.26. The lowest BCUT2D eigenvalue weighted by atomic mass is 10.4. The van der Waals surface area contributed by atoms with E-state index in [0.29, 0.717) is 26.2 Å². The van der Waals surface area contributed by atoms with E-state index in [2.05, 4.69) is 0 Å². The van der Waals surface area contributed by atoms with Crippen LogP contribution in [-0.4, -0.2) is 93.6 Å². The van der Waals surface area contributed by atoms with Crippen LogP contribution in [0.1, 0.15) is 0 Å². The summed E-state index contributed by atoms with van der Waals surface area (Å²) in [7, 11) is 7.33. The molecule has 124 valence electrons. The van der Waals surface area contributed by atoms with Crippen LogP contribution < -0.4 is 5.32 Å². The lowest BCUT2D eigenvalue weighted by Gasteiger charge is -2.26. The third kappa shape index (κ3) is 9.24. The molecule has 0 rings (SSSR count). The highest BCUT2D eigenvalue weighted by Crippen LogP contribution is 2.13. The molecule has 0 saturated heterocycles. The number of rotatable bonds is 8. The van der Waals surface area contributed by atoms with Crippen molar-refractivity contribution in [1.29, 1.82) is 0 Å². The summed E-state index contributed by atoms with van der Waals surface area (Å²) < 4.78 is 36.2. The summed E-state index contributed by atoms with van der Waals surface area (Å²) in [5.41, 5.74) is 0. The molecule has 0 aliphatic carbocycles. The maximum Gasteiger partial charge on any atom is 0.471 e. The molecule has 0 heterocycles. The van der Waals surface area contributed by atoms with Gasteiger partial charge in [-0.2, -0.15) is 13.2 Å². The zero-order valence-corrected chi connectivity index (χ0v) is 12.8. The standard InChI is InChI=1S/C12H23F3N4O2/c1-17(2)5-7-19(8-6-18(3)4)10(20)9-16-11(21)12(13,14)15/h5-9H2,1-4H3,(H,16,21). The molecule has 6 nitrogen and oxygen atoms in total. The minimum atomic E-state index is -4.97. The van der Waals surface area contributed by atoms with Gasteiger partial charge in [0.15, 0.2) is 0 Å². The van der Waals surface area contributed by atoms with Crippen molar-refractivity contribution < 1.29 is 22.8 Å². The number of carbonyl (C=O) groups excluding carboxylic acids is 2. The molecule has 0 atom stereocenters. The minimum Gasteiger partial charge on any atom is -0.339 e. The normalized spacial score (nSPS) is 11.9. The molecule has 0 aromatic heterocycles. The van der Waals surface area contributed by atoms with Crippen LogP contribution in [0, 0.1) is 0 Å². The van der Waals surface area contributed by atoms with Gasteiger partial charge in [0, 0.05) is 26.2 Å². The van der Waals surface area contributed by atoms with Gasteiger partial charge in [0.2, 0.25) is 5.91 Å².